The molecule has 0 unspecified atom stereocenters. The molecule has 1 fully saturated rings. The second-order valence-electron chi connectivity index (χ2n) is 8.43. The van der Waals surface area contributed by atoms with Crippen LogP contribution in [0.25, 0.3) is 0 Å². The zero-order valence-corrected chi connectivity index (χ0v) is 18.4. The molecule has 0 bridgehead atoms. The Morgan fingerprint density at radius 3 is 2.06 bits per heavy atom. The predicted molar refractivity (Wildman–Crippen MR) is 130 cm³/mol. The van der Waals surface area contributed by atoms with Gasteiger partial charge in [0.1, 0.15) is 12.4 Å². The number of aryl methyl sites for hydroxylation is 1. The first kappa shape index (κ1) is 21.5. The molecule has 0 spiro atoms. The smallest absolute Gasteiger partial charge is 0.119 e. The summed E-state index contributed by atoms with van der Waals surface area (Å²) in [6.45, 7) is 3.98. The number of hydrogen-bond acceptors (Lipinski definition) is 3. The maximum Gasteiger partial charge on any atom is 0.119 e. The van der Waals surface area contributed by atoms with E-state index in [4.69, 9.17) is 4.74 Å². The molecule has 0 atom stereocenters. The number of nitrogens with zero attached hydrogens (tertiary/aromatic N) is 1. The largest absolute Gasteiger partial charge is 0.489 e. The Labute approximate surface area is 187 Å². The van der Waals surface area contributed by atoms with Crippen molar-refractivity contribution >= 4 is 5.69 Å². The van der Waals surface area contributed by atoms with E-state index >= 15 is 0 Å². The lowest BCUT2D eigenvalue weighted by molar-refractivity contribution is 0.306. The second kappa shape index (κ2) is 11.6. The molecule has 0 amide bonds. The van der Waals surface area contributed by atoms with Crippen molar-refractivity contribution in [2.75, 3.05) is 24.5 Å². The van der Waals surface area contributed by atoms with Gasteiger partial charge in [-0.25, -0.2) is 0 Å². The highest BCUT2D eigenvalue weighted by atomic mass is 16.5. The van der Waals surface area contributed by atoms with Crippen LogP contribution in [0.3, 0.4) is 0 Å². The van der Waals surface area contributed by atoms with Crippen LogP contribution in [0.2, 0.25) is 0 Å². The van der Waals surface area contributed by atoms with E-state index < -0.39 is 0 Å². The molecule has 0 saturated carbocycles. The predicted octanol–water partition coefficient (Wildman–Crippen LogP) is 5.85. The van der Waals surface area contributed by atoms with Crippen molar-refractivity contribution in [3.63, 3.8) is 0 Å². The monoisotopic (exact) mass is 414 g/mol. The Balaban J connectivity index is 1.12. The van der Waals surface area contributed by atoms with Gasteiger partial charge >= 0.3 is 0 Å². The van der Waals surface area contributed by atoms with Gasteiger partial charge in [-0.2, -0.15) is 0 Å². The molecule has 1 saturated heterocycles. The second-order valence-corrected chi connectivity index (χ2v) is 8.43. The topological polar surface area (TPSA) is 24.5 Å². The summed E-state index contributed by atoms with van der Waals surface area (Å²) in [4.78, 5) is 2.49. The molecular weight excluding hydrogens is 380 g/mol. The van der Waals surface area contributed by atoms with Crippen LogP contribution in [-0.2, 0) is 13.0 Å². The number of piperidine rings is 1. The van der Waals surface area contributed by atoms with Gasteiger partial charge < -0.3 is 15.0 Å². The third-order valence-corrected chi connectivity index (χ3v) is 6.11. The van der Waals surface area contributed by atoms with Gasteiger partial charge in [-0.05, 0) is 74.0 Å². The van der Waals surface area contributed by atoms with Crippen LogP contribution in [0.15, 0.2) is 84.9 Å². The molecule has 0 aromatic heterocycles. The van der Waals surface area contributed by atoms with Gasteiger partial charge in [-0.15, -0.1) is 0 Å². The van der Waals surface area contributed by atoms with E-state index in [2.05, 4.69) is 76.9 Å². The quantitative estimate of drug-likeness (QED) is 0.421. The lowest BCUT2D eigenvalue weighted by atomic mass is 10.0. The van der Waals surface area contributed by atoms with Gasteiger partial charge in [-0.1, -0.05) is 60.7 Å². The Morgan fingerprint density at radius 2 is 1.39 bits per heavy atom. The van der Waals surface area contributed by atoms with Gasteiger partial charge in [0.05, 0.1) is 0 Å². The number of ether oxygens (including phenoxy) is 1. The number of benzene rings is 3. The Bertz CT molecular complexity index is 872. The van der Waals surface area contributed by atoms with E-state index in [-0.39, 0.29) is 0 Å². The average molecular weight is 415 g/mol. The minimum absolute atomic E-state index is 0.614. The summed E-state index contributed by atoms with van der Waals surface area (Å²) in [6, 6.07) is 30.3. The summed E-state index contributed by atoms with van der Waals surface area (Å²) in [5, 5.41) is 3.77. The first-order valence-corrected chi connectivity index (χ1v) is 11.7. The molecule has 3 aromatic carbocycles. The first-order valence-electron chi connectivity index (χ1n) is 11.7. The molecule has 3 nitrogen and oxygen atoms in total. The Kier molecular flexibility index (Phi) is 8.01. The van der Waals surface area contributed by atoms with Crippen LogP contribution in [0.4, 0.5) is 5.69 Å². The number of unbranched alkanes of at least 4 members (excludes halogenated alkanes) is 1. The van der Waals surface area contributed by atoms with Crippen molar-refractivity contribution in [2.24, 2.45) is 0 Å². The summed E-state index contributed by atoms with van der Waals surface area (Å²) in [7, 11) is 0. The summed E-state index contributed by atoms with van der Waals surface area (Å²) >= 11 is 0. The summed E-state index contributed by atoms with van der Waals surface area (Å²) in [5.41, 5.74) is 3.95. The number of hydrogen-bond donors (Lipinski definition) is 1. The summed E-state index contributed by atoms with van der Waals surface area (Å²) < 4.78 is 5.92. The van der Waals surface area contributed by atoms with Crippen LogP contribution >= 0.6 is 0 Å². The van der Waals surface area contributed by atoms with E-state index in [0.29, 0.717) is 12.6 Å². The summed E-state index contributed by atoms with van der Waals surface area (Å²) in [6.07, 6.45) is 6.12. The number of rotatable bonds is 10. The highest BCUT2D eigenvalue weighted by Crippen LogP contribution is 2.23. The molecular formula is C28H34N2O. The fraction of sp³-hybridized carbons (Fsp3) is 0.357. The van der Waals surface area contributed by atoms with Crippen LogP contribution in [0.1, 0.15) is 36.8 Å². The van der Waals surface area contributed by atoms with Gasteiger partial charge in [0.25, 0.3) is 0 Å². The Hall–Kier alpha value is -2.78. The zero-order chi connectivity index (χ0) is 21.1. The molecule has 1 heterocycles. The van der Waals surface area contributed by atoms with E-state index in [0.717, 1.165) is 25.4 Å². The molecule has 31 heavy (non-hydrogen) atoms. The van der Waals surface area contributed by atoms with E-state index in [1.165, 1.54) is 48.9 Å². The molecule has 1 aliphatic rings. The third-order valence-electron chi connectivity index (χ3n) is 6.11. The SMILES string of the molecule is c1ccc(CCCCNC2CCN(c3ccc(OCc4ccccc4)cc3)CC2)cc1. The van der Waals surface area contributed by atoms with E-state index in [1.807, 2.05) is 18.2 Å². The normalized spacial score (nSPS) is 14.5. The Morgan fingerprint density at radius 1 is 0.742 bits per heavy atom. The lowest BCUT2D eigenvalue weighted by Crippen LogP contribution is -2.42. The maximum atomic E-state index is 5.92. The molecule has 1 N–H and O–H groups in total. The molecule has 1 aliphatic heterocycles. The van der Waals surface area contributed by atoms with E-state index in [9.17, 15) is 0 Å². The lowest BCUT2D eigenvalue weighted by Gasteiger charge is -2.34. The standard InChI is InChI=1S/C28H34N2O/c1-3-9-24(10-4-1)11-7-8-20-29-26-18-21-30(22-19-26)27-14-16-28(17-15-27)31-23-25-12-5-2-6-13-25/h1-6,9-10,12-17,26,29H,7-8,11,18-23H2. The van der Waals surface area contributed by atoms with Crippen LogP contribution in [0.5, 0.6) is 5.75 Å². The van der Waals surface area contributed by atoms with Crippen molar-refractivity contribution in [3.05, 3.63) is 96.1 Å². The minimum atomic E-state index is 0.614. The van der Waals surface area contributed by atoms with Gasteiger partial charge in [0, 0.05) is 24.8 Å². The van der Waals surface area contributed by atoms with Crippen molar-refractivity contribution in [1.82, 2.24) is 5.32 Å². The van der Waals surface area contributed by atoms with Crippen LogP contribution in [-0.4, -0.2) is 25.7 Å². The van der Waals surface area contributed by atoms with E-state index in [1.54, 1.807) is 0 Å². The van der Waals surface area contributed by atoms with Crippen LogP contribution < -0.4 is 15.0 Å². The fourth-order valence-corrected chi connectivity index (χ4v) is 4.24. The first-order chi connectivity index (χ1) is 15.4. The van der Waals surface area contributed by atoms with Crippen molar-refractivity contribution in [2.45, 2.75) is 44.8 Å². The zero-order valence-electron chi connectivity index (χ0n) is 18.4. The molecule has 4 rings (SSSR count). The van der Waals surface area contributed by atoms with Crippen molar-refractivity contribution in [1.29, 1.82) is 0 Å². The molecule has 162 valence electrons. The third kappa shape index (κ3) is 6.86. The number of anilines is 1. The minimum Gasteiger partial charge on any atom is -0.489 e. The van der Waals surface area contributed by atoms with Crippen molar-refractivity contribution < 1.29 is 4.74 Å². The summed E-state index contributed by atoms with van der Waals surface area (Å²) in [5.74, 6) is 0.930. The van der Waals surface area contributed by atoms with Gasteiger partial charge in [0.15, 0.2) is 0 Å². The van der Waals surface area contributed by atoms with Gasteiger partial charge in [0.2, 0.25) is 0 Å². The number of nitrogens with one attached hydrogen (secondary N) is 1. The van der Waals surface area contributed by atoms with Crippen LogP contribution in [0, 0.1) is 0 Å². The fourth-order valence-electron chi connectivity index (χ4n) is 4.24. The highest BCUT2D eigenvalue weighted by Gasteiger charge is 2.18. The molecule has 0 aliphatic carbocycles. The average Bonchev–Trinajstić information content (AvgIpc) is 2.85. The molecule has 3 heteroatoms. The maximum absolute atomic E-state index is 5.92. The highest BCUT2D eigenvalue weighted by molar-refractivity contribution is 5.49. The van der Waals surface area contributed by atoms with Gasteiger partial charge in [-0.3, -0.25) is 0 Å². The molecule has 3 aromatic rings. The van der Waals surface area contributed by atoms with Crippen molar-refractivity contribution in [3.8, 4) is 5.75 Å². The molecule has 0 radical (unpaired) electrons.